The fourth-order valence-electron chi connectivity index (χ4n) is 2.17. The lowest BCUT2D eigenvalue weighted by atomic mass is 10.1. The average molecular weight is 353 g/mol. The number of hydrogen-bond donors (Lipinski definition) is 1. The van der Waals surface area contributed by atoms with Crippen LogP contribution < -0.4 is 10.2 Å². The van der Waals surface area contributed by atoms with E-state index in [-0.39, 0.29) is 5.76 Å². The number of allylic oxidation sites excluding steroid dienone is 1. The lowest BCUT2D eigenvalue weighted by Gasteiger charge is -2.14. The zero-order chi connectivity index (χ0) is 18.9. The Morgan fingerprint density at radius 3 is 2.58 bits per heavy atom. The summed E-state index contributed by atoms with van der Waals surface area (Å²) < 4.78 is 10.4. The molecule has 5 heteroatoms. The van der Waals surface area contributed by atoms with Crippen molar-refractivity contribution in [2.75, 3.05) is 7.11 Å². The lowest BCUT2D eigenvalue weighted by Crippen LogP contribution is -2.13. The van der Waals surface area contributed by atoms with E-state index in [1.807, 2.05) is 49.4 Å². The van der Waals surface area contributed by atoms with Crippen molar-refractivity contribution in [3.05, 3.63) is 83.6 Å². The highest BCUT2D eigenvalue weighted by molar-refractivity contribution is 5.86. The molecule has 0 saturated carbocycles. The van der Waals surface area contributed by atoms with Crippen LogP contribution >= 0.6 is 0 Å². The molecule has 0 aliphatic carbocycles. The van der Waals surface area contributed by atoms with Crippen LogP contribution in [0, 0.1) is 6.92 Å². The number of carbonyl (C=O) groups excluding carboxylic acids is 1. The van der Waals surface area contributed by atoms with Crippen molar-refractivity contribution in [2.45, 2.75) is 20.5 Å². The first-order valence-electron chi connectivity index (χ1n) is 8.19. The molecule has 0 radical (unpaired) electrons. The number of rotatable bonds is 8. The van der Waals surface area contributed by atoms with Crippen LogP contribution in [-0.4, -0.2) is 13.1 Å². The molecule has 0 aromatic heterocycles. The number of ether oxygens (including phenoxy) is 2. The van der Waals surface area contributed by atoms with Crippen LogP contribution in [0.25, 0.3) is 5.70 Å². The van der Waals surface area contributed by atoms with Gasteiger partial charge in [-0.25, -0.2) is 4.79 Å². The van der Waals surface area contributed by atoms with E-state index >= 15 is 0 Å². The quantitative estimate of drug-likeness (QED) is 0.334. The molecule has 0 heterocycles. The monoisotopic (exact) mass is 353 g/mol. The molecule has 26 heavy (non-hydrogen) atoms. The zero-order valence-corrected chi connectivity index (χ0v) is 15.2. The highest BCUT2D eigenvalue weighted by Gasteiger charge is 2.13. The maximum absolute atomic E-state index is 11.7. The number of nitrogens with one attached hydrogen (secondary N) is 1. The second kappa shape index (κ2) is 9.44. The first kappa shape index (κ1) is 19.3. The minimum atomic E-state index is -0.527. The van der Waals surface area contributed by atoms with E-state index in [0.29, 0.717) is 18.1 Å². The Kier molecular flexibility index (Phi) is 7.00. The normalized spacial score (nSPS) is 11.0. The zero-order valence-electron chi connectivity index (χ0n) is 15.2. The Morgan fingerprint density at radius 2 is 1.92 bits per heavy atom. The molecule has 0 spiro atoms. The van der Waals surface area contributed by atoms with Crippen LogP contribution in [-0.2, 0) is 21.0 Å². The van der Waals surface area contributed by atoms with Crippen molar-refractivity contribution in [2.24, 2.45) is 0 Å². The van der Waals surface area contributed by atoms with Gasteiger partial charge in [0.1, 0.15) is 5.75 Å². The third-order valence-electron chi connectivity index (χ3n) is 3.68. The van der Waals surface area contributed by atoms with Crippen LogP contribution in [0.5, 0.6) is 5.75 Å². The molecular formula is C21H23NO4. The predicted octanol–water partition coefficient (Wildman–Crippen LogP) is 4.14. The predicted molar refractivity (Wildman–Crippen MR) is 101 cm³/mol. The molecule has 0 aliphatic heterocycles. The highest BCUT2D eigenvalue weighted by Crippen LogP contribution is 2.24. The molecule has 0 atom stereocenters. The molecule has 0 amide bonds. The van der Waals surface area contributed by atoms with E-state index in [1.165, 1.54) is 7.11 Å². The second-order valence-corrected chi connectivity index (χ2v) is 5.58. The number of aryl methyl sites for hydroxylation is 1. The van der Waals surface area contributed by atoms with Gasteiger partial charge < -0.3 is 9.47 Å². The SMILES string of the molecule is C=C(NOCc1ccccc1)c1ccc(C)c(OC(=CC)C(=O)OC)c1. The van der Waals surface area contributed by atoms with Crippen molar-refractivity contribution >= 4 is 11.7 Å². The van der Waals surface area contributed by atoms with Crippen molar-refractivity contribution in [1.82, 2.24) is 5.48 Å². The smallest absolute Gasteiger partial charge is 0.373 e. The summed E-state index contributed by atoms with van der Waals surface area (Å²) in [5.41, 5.74) is 6.16. The number of methoxy groups -OCH3 is 1. The molecule has 0 saturated heterocycles. The fourth-order valence-corrected chi connectivity index (χ4v) is 2.17. The third-order valence-corrected chi connectivity index (χ3v) is 3.68. The maximum Gasteiger partial charge on any atom is 0.373 e. The number of carbonyl (C=O) groups is 1. The van der Waals surface area contributed by atoms with Gasteiger partial charge in [-0.3, -0.25) is 10.3 Å². The van der Waals surface area contributed by atoms with E-state index < -0.39 is 5.97 Å². The number of esters is 1. The van der Waals surface area contributed by atoms with Crippen molar-refractivity contribution < 1.29 is 19.1 Å². The van der Waals surface area contributed by atoms with Gasteiger partial charge in [0.2, 0.25) is 5.76 Å². The molecule has 1 N–H and O–H groups in total. The Labute approximate surface area is 153 Å². The Morgan fingerprint density at radius 1 is 1.19 bits per heavy atom. The summed E-state index contributed by atoms with van der Waals surface area (Å²) in [4.78, 5) is 17.2. The molecule has 2 rings (SSSR count). The van der Waals surface area contributed by atoms with Gasteiger partial charge in [-0.05, 0) is 37.1 Å². The summed E-state index contributed by atoms with van der Waals surface area (Å²) in [6.07, 6.45) is 1.56. The fraction of sp³-hybridized carbons (Fsp3) is 0.190. The second-order valence-electron chi connectivity index (χ2n) is 5.58. The Hall–Kier alpha value is -3.05. The first-order valence-corrected chi connectivity index (χ1v) is 8.19. The summed E-state index contributed by atoms with van der Waals surface area (Å²) in [5, 5.41) is 0. The summed E-state index contributed by atoms with van der Waals surface area (Å²) in [5.74, 6) is 0.152. The van der Waals surface area contributed by atoms with E-state index in [2.05, 4.69) is 12.1 Å². The summed E-state index contributed by atoms with van der Waals surface area (Å²) in [6, 6.07) is 15.4. The molecule has 2 aromatic carbocycles. The molecule has 0 fully saturated rings. The minimum Gasteiger partial charge on any atom is -0.463 e. The van der Waals surface area contributed by atoms with Crippen LogP contribution in [0.4, 0.5) is 0 Å². The van der Waals surface area contributed by atoms with Gasteiger partial charge >= 0.3 is 5.97 Å². The largest absolute Gasteiger partial charge is 0.463 e. The minimum absolute atomic E-state index is 0.131. The number of hydrogen-bond acceptors (Lipinski definition) is 5. The summed E-state index contributed by atoms with van der Waals surface area (Å²) in [6.45, 7) is 8.00. The van der Waals surface area contributed by atoms with Crippen LogP contribution in [0.15, 0.2) is 66.9 Å². The Bertz CT molecular complexity index is 797. The maximum atomic E-state index is 11.7. The molecular weight excluding hydrogens is 330 g/mol. The van der Waals surface area contributed by atoms with Crippen LogP contribution in [0.2, 0.25) is 0 Å². The van der Waals surface area contributed by atoms with Crippen LogP contribution in [0.3, 0.4) is 0 Å². The van der Waals surface area contributed by atoms with E-state index in [9.17, 15) is 4.79 Å². The topological polar surface area (TPSA) is 56.8 Å². The van der Waals surface area contributed by atoms with Gasteiger partial charge in [-0.15, -0.1) is 0 Å². The van der Waals surface area contributed by atoms with Gasteiger partial charge in [-0.2, -0.15) is 0 Å². The molecule has 2 aromatic rings. The molecule has 0 unspecified atom stereocenters. The first-order chi connectivity index (χ1) is 12.5. The standard InChI is InChI=1S/C21H23NO4/c1-5-19(21(23)24-4)26-20-13-18(12-11-15(20)2)16(3)22-25-14-17-9-7-6-8-10-17/h5-13,22H,3,14H2,1-2,4H3. The molecule has 136 valence electrons. The van der Waals surface area contributed by atoms with Gasteiger partial charge in [-0.1, -0.05) is 49.0 Å². The molecule has 5 nitrogen and oxygen atoms in total. The van der Waals surface area contributed by atoms with Gasteiger partial charge in [0.05, 0.1) is 19.4 Å². The number of hydroxylamine groups is 1. The van der Waals surface area contributed by atoms with E-state index in [4.69, 9.17) is 14.3 Å². The molecule has 0 aliphatic rings. The van der Waals surface area contributed by atoms with E-state index in [0.717, 1.165) is 16.7 Å². The van der Waals surface area contributed by atoms with Gasteiger partial charge in [0.15, 0.2) is 0 Å². The van der Waals surface area contributed by atoms with Gasteiger partial charge in [0.25, 0.3) is 0 Å². The van der Waals surface area contributed by atoms with Crippen LogP contribution in [0.1, 0.15) is 23.6 Å². The van der Waals surface area contributed by atoms with Crippen molar-refractivity contribution in [3.8, 4) is 5.75 Å². The average Bonchev–Trinajstić information content (AvgIpc) is 2.67. The Balaban J connectivity index is 2.03. The van der Waals surface area contributed by atoms with Crippen molar-refractivity contribution in [1.29, 1.82) is 0 Å². The summed E-state index contributed by atoms with van der Waals surface area (Å²) >= 11 is 0. The highest BCUT2D eigenvalue weighted by atomic mass is 16.6. The van der Waals surface area contributed by atoms with Gasteiger partial charge in [0, 0.05) is 5.56 Å². The van der Waals surface area contributed by atoms with Crippen molar-refractivity contribution in [3.63, 3.8) is 0 Å². The van der Waals surface area contributed by atoms with E-state index in [1.54, 1.807) is 19.1 Å². The number of benzene rings is 2. The third kappa shape index (κ3) is 5.22. The molecule has 0 bridgehead atoms. The summed E-state index contributed by atoms with van der Waals surface area (Å²) in [7, 11) is 1.31. The lowest BCUT2D eigenvalue weighted by molar-refractivity contribution is -0.138.